The summed E-state index contributed by atoms with van der Waals surface area (Å²) in [6, 6.07) is 9.58. The van der Waals surface area contributed by atoms with Crippen LogP contribution in [0.5, 0.6) is 0 Å². The normalized spacial score (nSPS) is 10.4. The number of carbonyl (C=O) groups excluding carboxylic acids is 1. The van der Waals surface area contributed by atoms with Gasteiger partial charge in [0.15, 0.2) is 0 Å². The van der Waals surface area contributed by atoms with E-state index in [1.54, 1.807) is 6.26 Å². The summed E-state index contributed by atoms with van der Waals surface area (Å²) in [7, 11) is 0. The number of thioether (sulfide) groups is 1. The molecule has 22 heavy (non-hydrogen) atoms. The molecular formula is C15H16N2O4S. The number of benzene rings is 1. The molecule has 1 aromatic carbocycles. The lowest BCUT2D eigenvalue weighted by molar-refractivity contribution is -0.136. The number of nitrogens with zero attached hydrogens (tertiary/aromatic N) is 1. The third-order valence-corrected chi connectivity index (χ3v) is 3.68. The van der Waals surface area contributed by atoms with Crippen LogP contribution in [0.25, 0.3) is 11.5 Å². The van der Waals surface area contributed by atoms with Crippen molar-refractivity contribution in [3.63, 3.8) is 0 Å². The standard InChI is InChI=1S/C15H16N2O4S/c18-13(16-7-6-14(19)20)10-22-9-12-8-21-15(17-12)11-4-2-1-3-5-11/h1-5,8H,6-7,9-10H2,(H,16,18)(H,19,20). The smallest absolute Gasteiger partial charge is 0.305 e. The molecule has 0 spiro atoms. The van der Waals surface area contributed by atoms with E-state index < -0.39 is 5.97 Å². The molecule has 0 unspecified atom stereocenters. The molecule has 1 aromatic heterocycles. The fourth-order valence-corrected chi connectivity index (χ4v) is 2.43. The Morgan fingerprint density at radius 2 is 2.05 bits per heavy atom. The minimum atomic E-state index is -0.927. The summed E-state index contributed by atoms with van der Waals surface area (Å²) in [5.41, 5.74) is 1.67. The second-order valence-electron chi connectivity index (χ2n) is 4.50. The number of aromatic nitrogens is 1. The number of carbonyl (C=O) groups is 2. The molecule has 6 nitrogen and oxygen atoms in total. The molecule has 2 aromatic rings. The maximum Gasteiger partial charge on any atom is 0.305 e. The molecule has 2 N–H and O–H groups in total. The summed E-state index contributed by atoms with van der Waals surface area (Å²) in [4.78, 5) is 26.2. The third kappa shape index (κ3) is 5.25. The van der Waals surface area contributed by atoms with Gasteiger partial charge in [0.2, 0.25) is 11.8 Å². The van der Waals surface area contributed by atoms with Gasteiger partial charge in [-0.1, -0.05) is 18.2 Å². The highest BCUT2D eigenvalue weighted by Crippen LogP contribution is 2.20. The molecule has 2 rings (SSSR count). The SMILES string of the molecule is O=C(O)CCNC(=O)CSCc1coc(-c2ccccc2)n1. The van der Waals surface area contributed by atoms with Crippen molar-refractivity contribution in [3.8, 4) is 11.5 Å². The number of carboxylic acid groups (broad SMARTS) is 1. The highest BCUT2D eigenvalue weighted by molar-refractivity contribution is 7.99. The number of hydrogen-bond donors (Lipinski definition) is 2. The quantitative estimate of drug-likeness (QED) is 0.774. The van der Waals surface area contributed by atoms with E-state index in [2.05, 4.69) is 10.3 Å². The summed E-state index contributed by atoms with van der Waals surface area (Å²) in [6.07, 6.45) is 1.51. The first-order valence-electron chi connectivity index (χ1n) is 6.71. The molecule has 0 aliphatic heterocycles. The second kappa shape index (κ2) is 8.23. The molecule has 0 aliphatic carbocycles. The van der Waals surface area contributed by atoms with E-state index in [1.807, 2.05) is 30.3 Å². The Hall–Kier alpha value is -2.28. The molecule has 116 valence electrons. The van der Waals surface area contributed by atoms with Crippen molar-refractivity contribution in [2.24, 2.45) is 0 Å². The van der Waals surface area contributed by atoms with Crippen LogP contribution in [0.15, 0.2) is 41.0 Å². The van der Waals surface area contributed by atoms with Gasteiger partial charge in [-0.15, -0.1) is 11.8 Å². The van der Waals surface area contributed by atoms with Crippen molar-refractivity contribution in [2.75, 3.05) is 12.3 Å². The Labute approximate surface area is 131 Å². The Kier molecular flexibility index (Phi) is 6.02. The number of hydrogen-bond acceptors (Lipinski definition) is 5. The van der Waals surface area contributed by atoms with Gasteiger partial charge >= 0.3 is 5.97 Å². The van der Waals surface area contributed by atoms with Gasteiger partial charge in [0.05, 0.1) is 17.9 Å². The van der Waals surface area contributed by atoms with E-state index in [-0.39, 0.29) is 24.6 Å². The molecule has 0 bridgehead atoms. The van der Waals surface area contributed by atoms with Crippen molar-refractivity contribution in [3.05, 3.63) is 42.3 Å². The summed E-state index contributed by atoms with van der Waals surface area (Å²) in [5, 5.41) is 11.0. The van der Waals surface area contributed by atoms with Crippen LogP contribution in [0.3, 0.4) is 0 Å². The zero-order valence-corrected chi connectivity index (χ0v) is 12.6. The number of nitrogens with one attached hydrogen (secondary N) is 1. The maximum absolute atomic E-state index is 11.5. The van der Waals surface area contributed by atoms with Crippen LogP contribution < -0.4 is 5.32 Å². The zero-order chi connectivity index (χ0) is 15.8. The lowest BCUT2D eigenvalue weighted by Gasteiger charge is -2.02. The molecule has 1 heterocycles. The van der Waals surface area contributed by atoms with Crippen LogP contribution in [-0.4, -0.2) is 34.3 Å². The third-order valence-electron chi connectivity index (χ3n) is 2.72. The summed E-state index contributed by atoms with van der Waals surface area (Å²) in [5.74, 6) is 0.264. The van der Waals surface area contributed by atoms with Gasteiger partial charge in [0.25, 0.3) is 0 Å². The highest BCUT2D eigenvalue weighted by Gasteiger charge is 2.08. The molecule has 7 heteroatoms. The van der Waals surface area contributed by atoms with Gasteiger partial charge in [-0.05, 0) is 12.1 Å². The van der Waals surface area contributed by atoms with Crippen LogP contribution in [-0.2, 0) is 15.3 Å². The Morgan fingerprint density at radius 1 is 1.27 bits per heavy atom. The number of rotatable bonds is 8. The van der Waals surface area contributed by atoms with Crippen molar-refractivity contribution < 1.29 is 19.1 Å². The molecule has 0 aliphatic rings. The number of aliphatic carboxylic acids is 1. The summed E-state index contributed by atoms with van der Waals surface area (Å²) < 4.78 is 5.41. The largest absolute Gasteiger partial charge is 0.481 e. The van der Waals surface area contributed by atoms with Crippen LogP contribution in [0.2, 0.25) is 0 Å². The van der Waals surface area contributed by atoms with Crippen molar-refractivity contribution in [1.82, 2.24) is 10.3 Å². The summed E-state index contributed by atoms with van der Waals surface area (Å²) >= 11 is 1.40. The molecule has 0 atom stereocenters. The zero-order valence-electron chi connectivity index (χ0n) is 11.8. The monoisotopic (exact) mass is 320 g/mol. The Balaban J connectivity index is 1.73. The van der Waals surface area contributed by atoms with E-state index in [0.29, 0.717) is 11.6 Å². The number of oxazole rings is 1. The van der Waals surface area contributed by atoms with E-state index in [9.17, 15) is 9.59 Å². The molecule has 0 fully saturated rings. The van der Waals surface area contributed by atoms with Crippen molar-refractivity contribution in [1.29, 1.82) is 0 Å². The predicted molar refractivity (Wildman–Crippen MR) is 83.4 cm³/mol. The first-order chi connectivity index (χ1) is 10.6. The average Bonchev–Trinajstić information content (AvgIpc) is 2.97. The predicted octanol–water partition coefficient (Wildman–Crippen LogP) is 2.17. The van der Waals surface area contributed by atoms with Gasteiger partial charge in [0.1, 0.15) is 6.26 Å². The molecule has 0 radical (unpaired) electrons. The molecule has 0 saturated heterocycles. The molecular weight excluding hydrogens is 304 g/mol. The second-order valence-corrected chi connectivity index (χ2v) is 5.48. The summed E-state index contributed by atoms with van der Waals surface area (Å²) in [6.45, 7) is 0.150. The van der Waals surface area contributed by atoms with Gasteiger partial charge in [-0.2, -0.15) is 0 Å². The fraction of sp³-hybridized carbons (Fsp3) is 0.267. The topological polar surface area (TPSA) is 92.4 Å². The number of carboxylic acids is 1. The first kappa shape index (κ1) is 16.1. The lowest BCUT2D eigenvalue weighted by atomic mass is 10.2. The maximum atomic E-state index is 11.5. The minimum absolute atomic E-state index is 0.0693. The fourth-order valence-electron chi connectivity index (χ4n) is 1.69. The molecule has 1 amide bonds. The van der Waals surface area contributed by atoms with Gasteiger partial charge in [0, 0.05) is 17.9 Å². The van der Waals surface area contributed by atoms with E-state index in [1.165, 1.54) is 11.8 Å². The number of amides is 1. The Bertz CT molecular complexity index is 627. The average molecular weight is 320 g/mol. The first-order valence-corrected chi connectivity index (χ1v) is 7.86. The van der Waals surface area contributed by atoms with E-state index in [0.717, 1.165) is 11.3 Å². The van der Waals surface area contributed by atoms with Crippen molar-refractivity contribution >= 4 is 23.6 Å². The molecule has 0 saturated carbocycles. The lowest BCUT2D eigenvalue weighted by Crippen LogP contribution is -2.27. The van der Waals surface area contributed by atoms with Crippen LogP contribution in [0, 0.1) is 0 Å². The highest BCUT2D eigenvalue weighted by atomic mass is 32.2. The van der Waals surface area contributed by atoms with Crippen LogP contribution >= 0.6 is 11.8 Å². The van der Waals surface area contributed by atoms with Crippen LogP contribution in [0.4, 0.5) is 0 Å². The Morgan fingerprint density at radius 3 is 2.77 bits per heavy atom. The van der Waals surface area contributed by atoms with Gasteiger partial charge in [-0.25, -0.2) is 4.98 Å². The van der Waals surface area contributed by atoms with Gasteiger partial charge < -0.3 is 14.8 Å². The van der Waals surface area contributed by atoms with Gasteiger partial charge in [-0.3, -0.25) is 9.59 Å². The van der Waals surface area contributed by atoms with E-state index in [4.69, 9.17) is 9.52 Å². The van der Waals surface area contributed by atoms with Crippen molar-refractivity contribution in [2.45, 2.75) is 12.2 Å². The van der Waals surface area contributed by atoms with Crippen LogP contribution in [0.1, 0.15) is 12.1 Å². The van der Waals surface area contributed by atoms with E-state index >= 15 is 0 Å². The minimum Gasteiger partial charge on any atom is -0.481 e.